The number of nitrogens with zero attached hydrogens (tertiary/aromatic N) is 4. The van der Waals surface area contributed by atoms with Gasteiger partial charge < -0.3 is 4.98 Å². The average molecular weight is 398 g/mol. The normalized spacial score (nSPS) is 19.9. The second-order valence-corrected chi connectivity index (χ2v) is 8.26. The zero-order valence-electron chi connectivity index (χ0n) is 17.5. The number of hydrogen-bond acceptors (Lipinski definition) is 4. The molecule has 1 fully saturated rings. The number of pyridine rings is 2. The van der Waals surface area contributed by atoms with Crippen molar-refractivity contribution in [3.05, 3.63) is 89.3 Å². The summed E-state index contributed by atoms with van der Waals surface area (Å²) in [5, 5.41) is 0. The van der Waals surface area contributed by atoms with Crippen LogP contribution < -0.4 is 0 Å². The van der Waals surface area contributed by atoms with Crippen LogP contribution in [0.25, 0.3) is 11.0 Å². The van der Waals surface area contributed by atoms with E-state index < -0.39 is 0 Å². The van der Waals surface area contributed by atoms with E-state index >= 15 is 0 Å². The highest BCUT2D eigenvalue weighted by molar-refractivity contribution is 5.78. The number of likely N-dealkylation sites (tertiary alicyclic amines) is 1. The highest BCUT2D eigenvalue weighted by Crippen LogP contribution is 2.43. The molecule has 5 nitrogen and oxygen atoms in total. The van der Waals surface area contributed by atoms with Crippen LogP contribution in [0.5, 0.6) is 0 Å². The number of H-pyrrole nitrogens is 1. The minimum Gasteiger partial charge on any atom is -0.345 e. The molecule has 0 radical (unpaired) electrons. The van der Waals surface area contributed by atoms with Gasteiger partial charge in [-0.2, -0.15) is 0 Å². The number of hydrogen-bond donors (Lipinski definition) is 1. The van der Waals surface area contributed by atoms with Crippen LogP contribution in [0.1, 0.15) is 59.4 Å². The topological polar surface area (TPSA) is 57.7 Å². The highest BCUT2D eigenvalue weighted by atomic mass is 15.2. The van der Waals surface area contributed by atoms with E-state index in [2.05, 4.69) is 59.0 Å². The van der Waals surface area contributed by atoms with Crippen molar-refractivity contribution < 1.29 is 0 Å². The minimum atomic E-state index is 0.264. The van der Waals surface area contributed by atoms with Gasteiger partial charge in [0.2, 0.25) is 0 Å². The summed E-state index contributed by atoms with van der Waals surface area (Å²) in [7, 11) is 0. The monoisotopic (exact) mass is 397 g/mol. The third-order valence-electron chi connectivity index (χ3n) is 6.37. The lowest BCUT2D eigenvalue weighted by Crippen LogP contribution is -2.37. The molecule has 152 valence electrons. The van der Waals surface area contributed by atoms with Gasteiger partial charge in [-0.15, -0.1) is 0 Å². The first-order chi connectivity index (χ1) is 14.7. The number of imidazole rings is 1. The largest absolute Gasteiger partial charge is 0.345 e. The summed E-state index contributed by atoms with van der Waals surface area (Å²) in [5.74, 6) is 0. The SMILES string of the molecule is Cc1cccnc1[C@H]1CCC[C@@H](c2ncccc2C)N1Cc1cccc2[nH]cnc12. The summed E-state index contributed by atoms with van der Waals surface area (Å²) >= 11 is 0. The van der Waals surface area contributed by atoms with Gasteiger partial charge in [-0.1, -0.05) is 24.3 Å². The van der Waals surface area contributed by atoms with Crippen molar-refractivity contribution in [2.45, 2.75) is 51.7 Å². The van der Waals surface area contributed by atoms with Crippen molar-refractivity contribution in [3.8, 4) is 0 Å². The predicted molar refractivity (Wildman–Crippen MR) is 119 cm³/mol. The number of fused-ring (bicyclic) bond motifs is 1. The number of aromatic nitrogens is 4. The molecule has 2 atom stereocenters. The summed E-state index contributed by atoms with van der Waals surface area (Å²) in [6.07, 6.45) is 9.01. The minimum absolute atomic E-state index is 0.264. The van der Waals surface area contributed by atoms with Crippen LogP contribution in [-0.4, -0.2) is 24.8 Å². The number of aryl methyl sites for hydroxylation is 2. The molecule has 4 heterocycles. The van der Waals surface area contributed by atoms with Gasteiger partial charge in [-0.05, 0) is 68.0 Å². The molecule has 30 heavy (non-hydrogen) atoms. The van der Waals surface area contributed by atoms with Gasteiger partial charge in [0.15, 0.2) is 0 Å². The Morgan fingerprint density at radius 3 is 2.17 bits per heavy atom. The highest BCUT2D eigenvalue weighted by Gasteiger charge is 2.35. The first-order valence-electron chi connectivity index (χ1n) is 10.7. The number of benzene rings is 1. The van der Waals surface area contributed by atoms with Crippen molar-refractivity contribution in [1.82, 2.24) is 24.8 Å². The first kappa shape index (κ1) is 18.9. The number of para-hydroxylation sites is 1. The van der Waals surface area contributed by atoms with E-state index in [-0.39, 0.29) is 12.1 Å². The molecule has 3 aromatic heterocycles. The molecule has 0 unspecified atom stereocenters. The summed E-state index contributed by atoms with van der Waals surface area (Å²) in [6, 6.07) is 15.3. The lowest BCUT2D eigenvalue weighted by molar-refractivity contribution is 0.0682. The molecule has 0 saturated carbocycles. The summed E-state index contributed by atoms with van der Waals surface area (Å²) < 4.78 is 0. The predicted octanol–water partition coefficient (Wildman–Crippen LogP) is 5.44. The molecule has 1 aliphatic rings. The number of rotatable bonds is 4. The Balaban J connectivity index is 1.61. The molecular weight excluding hydrogens is 370 g/mol. The van der Waals surface area contributed by atoms with Gasteiger partial charge >= 0.3 is 0 Å². The van der Waals surface area contributed by atoms with Crippen molar-refractivity contribution >= 4 is 11.0 Å². The molecule has 5 heteroatoms. The van der Waals surface area contributed by atoms with Crippen LogP contribution in [0, 0.1) is 13.8 Å². The molecule has 1 aliphatic heterocycles. The van der Waals surface area contributed by atoms with Gasteiger partial charge in [-0.3, -0.25) is 14.9 Å². The standard InChI is InChI=1S/C25H27N5/c1-17-7-5-13-26-23(17)21-11-4-12-22(24-18(2)8-6-14-27-24)30(21)15-19-9-3-10-20-25(19)29-16-28-20/h3,5-10,13-14,16,21-22H,4,11-12,15H2,1-2H3,(H,28,29)/t21-,22+. The summed E-state index contributed by atoms with van der Waals surface area (Å²) in [6.45, 7) is 5.17. The van der Waals surface area contributed by atoms with Crippen LogP contribution >= 0.6 is 0 Å². The van der Waals surface area contributed by atoms with E-state index in [0.29, 0.717) is 0 Å². The molecule has 4 aromatic rings. The Bertz CT molecular complexity index is 1110. The van der Waals surface area contributed by atoms with Crippen LogP contribution in [0.2, 0.25) is 0 Å². The van der Waals surface area contributed by atoms with E-state index in [1.165, 1.54) is 34.5 Å². The molecule has 0 bridgehead atoms. The Hall–Kier alpha value is -3.05. The fraction of sp³-hybridized carbons (Fsp3) is 0.320. The molecule has 5 rings (SSSR count). The Labute approximate surface area is 177 Å². The fourth-order valence-electron chi connectivity index (χ4n) is 4.91. The van der Waals surface area contributed by atoms with Crippen LogP contribution in [0.15, 0.2) is 61.2 Å². The third-order valence-corrected chi connectivity index (χ3v) is 6.37. The van der Waals surface area contributed by atoms with Gasteiger partial charge in [0.1, 0.15) is 0 Å². The van der Waals surface area contributed by atoms with Gasteiger partial charge in [0.05, 0.1) is 40.8 Å². The maximum absolute atomic E-state index is 4.81. The Morgan fingerprint density at radius 2 is 1.53 bits per heavy atom. The molecule has 1 saturated heterocycles. The number of aromatic amines is 1. The Morgan fingerprint density at radius 1 is 0.867 bits per heavy atom. The molecule has 1 aromatic carbocycles. The van der Waals surface area contributed by atoms with E-state index in [1.54, 1.807) is 6.33 Å². The second-order valence-electron chi connectivity index (χ2n) is 8.26. The van der Waals surface area contributed by atoms with E-state index in [9.17, 15) is 0 Å². The van der Waals surface area contributed by atoms with E-state index in [0.717, 1.165) is 30.4 Å². The van der Waals surface area contributed by atoms with E-state index in [4.69, 9.17) is 9.97 Å². The molecule has 0 spiro atoms. The first-order valence-corrected chi connectivity index (χ1v) is 10.7. The third kappa shape index (κ3) is 3.39. The van der Waals surface area contributed by atoms with Crippen molar-refractivity contribution in [1.29, 1.82) is 0 Å². The Kier molecular flexibility index (Phi) is 5.05. The summed E-state index contributed by atoms with van der Waals surface area (Å²) in [5.41, 5.74) is 8.26. The number of nitrogens with one attached hydrogen (secondary N) is 1. The van der Waals surface area contributed by atoms with Crippen LogP contribution in [0.3, 0.4) is 0 Å². The maximum Gasteiger partial charge on any atom is 0.0932 e. The molecule has 0 aliphatic carbocycles. The lowest BCUT2D eigenvalue weighted by Gasteiger charge is -2.42. The summed E-state index contributed by atoms with van der Waals surface area (Å²) in [4.78, 5) is 20.1. The second kappa shape index (κ2) is 8.00. The van der Waals surface area contributed by atoms with Gasteiger partial charge in [0, 0.05) is 18.9 Å². The van der Waals surface area contributed by atoms with Crippen molar-refractivity contribution in [3.63, 3.8) is 0 Å². The quantitative estimate of drug-likeness (QED) is 0.498. The molecular formula is C25H27N5. The molecule has 1 N–H and O–H groups in total. The van der Waals surface area contributed by atoms with Crippen molar-refractivity contribution in [2.24, 2.45) is 0 Å². The van der Waals surface area contributed by atoms with Gasteiger partial charge in [0.25, 0.3) is 0 Å². The molecule has 0 amide bonds. The zero-order valence-corrected chi connectivity index (χ0v) is 17.5. The van der Waals surface area contributed by atoms with Gasteiger partial charge in [-0.25, -0.2) is 4.98 Å². The smallest absolute Gasteiger partial charge is 0.0932 e. The average Bonchev–Trinajstić information content (AvgIpc) is 3.25. The van der Waals surface area contributed by atoms with Crippen LogP contribution in [0.4, 0.5) is 0 Å². The lowest BCUT2D eigenvalue weighted by atomic mass is 9.88. The van der Waals surface area contributed by atoms with Crippen molar-refractivity contribution in [2.75, 3.05) is 0 Å². The fourth-order valence-corrected chi connectivity index (χ4v) is 4.91. The van der Waals surface area contributed by atoms with E-state index in [1.807, 2.05) is 24.5 Å². The number of piperidine rings is 1. The van der Waals surface area contributed by atoms with Crippen LogP contribution in [-0.2, 0) is 6.54 Å². The maximum atomic E-state index is 4.81. The zero-order chi connectivity index (χ0) is 20.5.